The van der Waals surface area contributed by atoms with Gasteiger partial charge in [0.25, 0.3) is 0 Å². The number of halogens is 1. The summed E-state index contributed by atoms with van der Waals surface area (Å²) < 4.78 is 5.13. The van der Waals surface area contributed by atoms with Gasteiger partial charge in [-0.1, -0.05) is 29.8 Å². The molecule has 1 unspecified atom stereocenters. The molecule has 3 N–H and O–H groups in total. The molecule has 1 atom stereocenters. The third-order valence-electron chi connectivity index (χ3n) is 6.05. The molecule has 8 nitrogen and oxygen atoms in total. The molecule has 0 bridgehead atoms. The standard InChI is InChI=1S/C23H27ClN4O4/c24-17-6-8-18(9-7-17)26-22(31)32-15-20(29)14-27-12-10-23(11-13-27)21(30)25-16-28(23)19-4-2-1-3-5-19/h1-9,20,29H,10-16H2,(H,25,30)(H,26,31). The van der Waals surface area contributed by atoms with Crippen molar-refractivity contribution in [2.24, 2.45) is 0 Å². The van der Waals surface area contributed by atoms with E-state index in [1.807, 2.05) is 30.3 Å². The number of carbonyl (C=O) groups excluding carboxylic acids is 2. The van der Waals surface area contributed by atoms with Crippen molar-refractivity contribution < 1.29 is 19.4 Å². The first-order valence-electron chi connectivity index (χ1n) is 10.7. The van der Waals surface area contributed by atoms with Crippen LogP contribution in [0, 0.1) is 0 Å². The number of aliphatic hydroxyl groups excluding tert-OH is 1. The van der Waals surface area contributed by atoms with Crippen molar-refractivity contribution in [2.75, 3.05) is 43.1 Å². The lowest BCUT2D eigenvalue weighted by Gasteiger charge is -2.43. The third-order valence-corrected chi connectivity index (χ3v) is 6.31. The number of rotatable bonds is 6. The number of carbonyl (C=O) groups is 2. The Morgan fingerprint density at radius 3 is 2.53 bits per heavy atom. The highest BCUT2D eigenvalue weighted by molar-refractivity contribution is 6.30. The fourth-order valence-corrected chi connectivity index (χ4v) is 4.47. The number of para-hydroxylation sites is 1. The molecule has 2 heterocycles. The third kappa shape index (κ3) is 4.98. The van der Waals surface area contributed by atoms with E-state index >= 15 is 0 Å². The molecule has 170 valence electrons. The van der Waals surface area contributed by atoms with Crippen LogP contribution in [0.2, 0.25) is 5.02 Å². The van der Waals surface area contributed by atoms with Gasteiger partial charge >= 0.3 is 6.09 Å². The van der Waals surface area contributed by atoms with Crippen LogP contribution in [-0.4, -0.2) is 66.6 Å². The Balaban J connectivity index is 1.25. The topological polar surface area (TPSA) is 94.1 Å². The van der Waals surface area contributed by atoms with Crippen LogP contribution in [0.3, 0.4) is 0 Å². The first-order valence-corrected chi connectivity index (χ1v) is 11.0. The monoisotopic (exact) mass is 458 g/mol. The summed E-state index contributed by atoms with van der Waals surface area (Å²) in [6.07, 6.45) is -0.121. The zero-order valence-corrected chi connectivity index (χ0v) is 18.4. The van der Waals surface area contributed by atoms with Gasteiger partial charge in [0, 0.05) is 36.0 Å². The second-order valence-corrected chi connectivity index (χ2v) is 8.58. The van der Waals surface area contributed by atoms with Crippen LogP contribution in [-0.2, 0) is 9.53 Å². The Labute approximate surface area is 192 Å². The quantitative estimate of drug-likeness (QED) is 0.616. The zero-order chi connectivity index (χ0) is 22.6. The molecule has 2 aromatic rings. The molecular formula is C23H27ClN4O4. The van der Waals surface area contributed by atoms with Gasteiger partial charge in [0.15, 0.2) is 0 Å². The summed E-state index contributed by atoms with van der Waals surface area (Å²) in [6, 6.07) is 16.6. The smallest absolute Gasteiger partial charge is 0.411 e. The van der Waals surface area contributed by atoms with Crippen LogP contribution in [0.1, 0.15) is 12.8 Å². The highest BCUT2D eigenvalue weighted by atomic mass is 35.5. The predicted molar refractivity (Wildman–Crippen MR) is 123 cm³/mol. The Bertz CT molecular complexity index is 933. The van der Waals surface area contributed by atoms with Gasteiger partial charge in [-0.05, 0) is 49.2 Å². The van der Waals surface area contributed by atoms with E-state index < -0.39 is 17.7 Å². The number of hydrogen-bond acceptors (Lipinski definition) is 6. The summed E-state index contributed by atoms with van der Waals surface area (Å²) in [7, 11) is 0. The number of anilines is 2. The van der Waals surface area contributed by atoms with E-state index in [0.29, 0.717) is 49.9 Å². The highest BCUT2D eigenvalue weighted by Crippen LogP contribution is 2.36. The largest absolute Gasteiger partial charge is 0.447 e. The van der Waals surface area contributed by atoms with E-state index in [2.05, 4.69) is 20.4 Å². The number of benzene rings is 2. The lowest BCUT2D eigenvalue weighted by Crippen LogP contribution is -2.57. The normalized spacial score (nSPS) is 18.9. The lowest BCUT2D eigenvalue weighted by molar-refractivity contribution is -0.125. The fourth-order valence-electron chi connectivity index (χ4n) is 4.35. The van der Waals surface area contributed by atoms with E-state index in [9.17, 15) is 14.7 Å². The molecule has 2 aliphatic rings. The number of β-amino-alcohol motifs (C(OH)–C–C–N with tert-alkyl or cyclic N) is 1. The molecule has 32 heavy (non-hydrogen) atoms. The van der Waals surface area contributed by atoms with Gasteiger partial charge in [-0.15, -0.1) is 0 Å². The maximum atomic E-state index is 12.7. The van der Waals surface area contributed by atoms with E-state index in [1.165, 1.54) is 0 Å². The molecule has 2 aliphatic heterocycles. The predicted octanol–water partition coefficient (Wildman–Crippen LogP) is 2.68. The maximum absolute atomic E-state index is 12.7. The van der Waals surface area contributed by atoms with Crippen molar-refractivity contribution in [3.8, 4) is 0 Å². The molecule has 0 radical (unpaired) electrons. The van der Waals surface area contributed by atoms with Crippen LogP contribution < -0.4 is 15.5 Å². The van der Waals surface area contributed by atoms with E-state index in [1.54, 1.807) is 24.3 Å². The Morgan fingerprint density at radius 2 is 1.84 bits per heavy atom. The Kier molecular flexibility index (Phi) is 6.83. The number of piperidine rings is 1. The number of nitrogens with one attached hydrogen (secondary N) is 2. The average Bonchev–Trinajstić information content (AvgIpc) is 3.12. The summed E-state index contributed by atoms with van der Waals surface area (Å²) in [5.74, 6) is 0.0590. The van der Waals surface area contributed by atoms with Gasteiger partial charge in [-0.25, -0.2) is 4.79 Å². The first kappa shape index (κ1) is 22.4. The summed E-state index contributed by atoms with van der Waals surface area (Å²) in [5, 5.41) is 16.5. The zero-order valence-electron chi connectivity index (χ0n) is 17.7. The average molecular weight is 459 g/mol. The molecular weight excluding hydrogens is 432 g/mol. The lowest BCUT2D eigenvalue weighted by atomic mass is 9.85. The van der Waals surface area contributed by atoms with Gasteiger partial charge in [-0.3, -0.25) is 10.1 Å². The summed E-state index contributed by atoms with van der Waals surface area (Å²) in [6.45, 7) is 2.10. The van der Waals surface area contributed by atoms with Crippen LogP contribution >= 0.6 is 11.6 Å². The Hall–Kier alpha value is -2.81. The molecule has 0 saturated carbocycles. The van der Waals surface area contributed by atoms with Crippen molar-refractivity contribution in [3.05, 3.63) is 59.6 Å². The minimum atomic E-state index is -0.817. The molecule has 2 fully saturated rings. The molecule has 1 spiro atoms. The number of nitrogens with zero attached hydrogens (tertiary/aromatic N) is 2. The minimum Gasteiger partial charge on any atom is -0.447 e. The molecule has 0 aliphatic carbocycles. The molecule has 4 rings (SSSR count). The summed E-state index contributed by atoms with van der Waals surface area (Å²) >= 11 is 5.82. The van der Waals surface area contributed by atoms with Gasteiger partial charge in [-0.2, -0.15) is 0 Å². The number of likely N-dealkylation sites (tertiary alicyclic amines) is 1. The summed E-state index contributed by atoms with van der Waals surface area (Å²) in [5.41, 5.74) is 1.03. The first-order chi connectivity index (χ1) is 15.5. The van der Waals surface area contributed by atoms with Crippen molar-refractivity contribution in [3.63, 3.8) is 0 Å². The number of amides is 2. The highest BCUT2D eigenvalue weighted by Gasteiger charge is 2.50. The molecule has 0 aromatic heterocycles. The van der Waals surface area contributed by atoms with Crippen molar-refractivity contribution in [2.45, 2.75) is 24.5 Å². The van der Waals surface area contributed by atoms with E-state index in [0.717, 1.165) is 5.69 Å². The molecule has 2 aromatic carbocycles. The van der Waals surface area contributed by atoms with Gasteiger partial charge < -0.3 is 25.0 Å². The minimum absolute atomic E-state index is 0.0590. The Morgan fingerprint density at radius 1 is 1.16 bits per heavy atom. The van der Waals surface area contributed by atoms with Gasteiger partial charge in [0.05, 0.1) is 6.67 Å². The molecule has 2 amide bonds. The summed E-state index contributed by atoms with van der Waals surface area (Å²) in [4.78, 5) is 28.9. The van der Waals surface area contributed by atoms with Crippen LogP contribution in [0.15, 0.2) is 54.6 Å². The van der Waals surface area contributed by atoms with E-state index in [4.69, 9.17) is 16.3 Å². The van der Waals surface area contributed by atoms with Crippen molar-refractivity contribution >= 4 is 35.0 Å². The number of aliphatic hydroxyl groups is 1. The van der Waals surface area contributed by atoms with Crippen LogP contribution in [0.4, 0.5) is 16.2 Å². The van der Waals surface area contributed by atoms with Crippen LogP contribution in [0.5, 0.6) is 0 Å². The number of hydrogen-bond donors (Lipinski definition) is 3. The SMILES string of the molecule is O=C(Nc1ccc(Cl)cc1)OCC(O)CN1CCC2(CC1)C(=O)NCN2c1ccccc1. The fraction of sp³-hybridized carbons (Fsp3) is 0.391. The van der Waals surface area contributed by atoms with E-state index in [-0.39, 0.29) is 12.5 Å². The second kappa shape index (κ2) is 9.77. The van der Waals surface area contributed by atoms with Crippen molar-refractivity contribution in [1.82, 2.24) is 10.2 Å². The molecule has 2 saturated heterocycles. The second-order valence-electron chi connectivity index (χ2n) is 8.14. The maximum Gasteiger partial charge on any atom is 0.411 e. The molecule has 9 heteroatoms. The number of ether oxygens (including phenoxy) is 1. The van der Waals surface area contributed by atoms with Gasteiger partial charge in [0.1, 0.15) is 18.2 Å². The van der Waals surface area contributed by atoms with Gasteiger partial charge in [0.2, 0.25) is 5.91 Å². The van der Waals surface area contributed by atoms with Crippen molar-refractivity contribution in [1.29, 1.82) is 0 Å². The van der Waals surface area contributed by atoms with Crippen LogP contribution in [0.25, 0.3) is 0 Å².